The van der Waals surface area contributed by atoms with Crippen molar-refractivity contribution >= 4 is 12.0 Å². The number of carboxylic acids is 1. The maximum atomic E-state index is 11.7. The maximum Gasteiger partial charge on any atom is 0.315 e. The molecule has 0 radical (unpaired) electrons. The summed E-state index contributed by atoms with van der Waals surface area (Å²) in [6.45, 7) is 3.13. The van der Waals surface area contributed by atoms with E-state index in [9.17, 15) is 14.7 Å². The Kier molecular flexibility index (Phi) is 5.56. The minimum absolute atomic E-state index is 0.0896. The number of hydrogen-bond donors (Lipinski definition) is 4. The van der Waals surface area contributed by atoms with E-state index >= 15 is 0 Å². The van der Waals surface area contributed by atoms with E-state index in [1.54, 1.807) is 0 Å². The van der Waals surface area contributed by atoms with Crippen molar-refractivity contribution in [3.63, 3.8) is 0 Å². The predicted octanol–water partition coefficient (Wildman–Crippen LogP) is -0.394. The topological polar surface area (TPSA) is 102 Å². The second-order valence-corrected chi connectivity index (χ2v) is 5.50. The number of piperidine rings is 1. The van der Waals surface area contributed by atoms with Gasteiger partial charge in [-0.05, 0) is 33.4 Å². The summed E-state index contributed by atoms with van der Waals surface area (Å²) in [7, 11) is 2.00. The first-order valence-electron chi connectivity index (χ1n) is 6.45. The molecule has 0 aromatic heterocycles. The molecule has 1 fully saturated rings. The molecule has 7 nitrogen and oxygen atoms in total. The maximum absolute atomic E-state index is 11.7. The number of nitrogens with one attached hydrogen (secondary N) is 2. The summed E-state index contributed by atoms with van der Waals surface area (Å²) in [5.41, 5.74) is -1.44. The monoisotopic (exact) mass is 273 g/mol. The Bertz CT molecular complexity index is 333. The lowest BCUT2D eigenvalue weighted by Gasteiger charge is -2.30. The molecular weight excluding hydrogens is 250 g/mol. The van der Waals surface area contributed by atoms with Crippen molar-refractivity contribution in [2.24, 2.45) is 0 Å². The van der Waals surface area contributed by atoms with Crippen LogP contribution in [-0.4, -0.2) is 65.4 Å². The predicted molar refractivity (Wildman–Crippen MR) is 69.9 cm³/mol. The molecule has 0 spiro atoms. The van der Waals surface area contributed by atoms with Gasteiger partial charge >= 0.3 is 12.0 Å². The molecule has 1 saturated heterocycles. The Balaban J connectivity index is 2.29. The van der Waals surface area contributed by atoms with Crippen molar-refractivity contribution in [3.05, 3.63) is 0 Å². The van der Waals surface area contributed by atoms with Crippen LogP contribution in [-0.2, 0) is 4.79 Å². The summed E-state index contributed by atoms with van der Waals surface area (Å²) in [6, 6.07) is -0.269. The average Bonchev–Trinajstić information content (AvgIpc) is 2.25. The number of likely N-dealkylation sites (N-methyl/N-ethyl adjacent to an activating group) is 1. The van der Waals surface area contributed by atoms with Crippen LogP contribution in [0.25, 0.3) is 0 Å². The van der Waals surface area contributed by atoms with Gasteiger partial charge in [0, 0.05) is 19.1 Å². The third-order valence-corrected chi connectivity index (χ3v) is 3.12. The highest BCUT2D eigenvalue weighted by molar-refractivity contribution is 5.74. The van der Waals surface area contributed by atoms with Crippen LogP contribution in [0.15, 0.2) is 0 Å². The number of amides is 2. The number of aliphatic carboxylic acids is 1. The molecule has 1 aliphatic rings. The van der Waals surface area contributed by atoms with Crippen LogP contribution in [0.2, 0.25) is 0 Å². The molecule has 0 aromatic carbocycles. The van der Waals surface area contributed by atoms with Gasteiger partial charge in [0.2, 0.25) is 0 Å². The van der Waals surface area contributed by atoms with Gasteiger partial charge in [-0.3, -0.25) is 4.79 Å². The lowest BCUT2D eigenvalue weighted by atomic mass is 10.0. The molecule has 0 aromatic rings. The molecule has 1 rings (SSSR count). The van der Waals surface area contributed by atoms with Gasteiger partial charge in [-0.1, -0.05) is 0 Å². The van der Waals surface area contributed by atoms with Gasteiger partial charge in [-0.15, -0.1) is 0 Å². The van der Waals surface area contributed by atoms with E-state index in [1.165, 1.54) is 6.92 Å². The lowest BCUT2D eigenvalue weighted by Crippen LogP contribution is -2.52. The number of carboxylic acid groups (broad SMARTS) is 1. The third kappa shape index (κ3) is 6.40. The number of urea groups is 1. The molecule has 1 heterocycles. The zero-order chi connectivity index (χ0) is 14.5. The number of carbonyl (C=O) groups excluding carboxylic acids is 1. The van der Waals surface area contributed by atoms with Gasteiger partial charge in [0.25, 0.3) is 0 Å². The molecule has 110 valence electrons. The van der Waals surface area contributed by atoms with E-state index in [0.29, 0.717) is 0 Å². The van der Waals surface area contributed by atoms with E-state index < -0.39 is 18.0 Å². The van der Waals surface area contributed by atoms with Crippen molar-refractivity contribution in [2.45, 2.75) is 37.8 Å². The molecule has 0 bridgehead atoms. The second kappa shape index (κ2) is 6.72. The Labute approximate surface area is 113 Å². The van der Waals surface area contributed by atoms with Crippen molar-refractivity contribution in [3.8, 4) is 0 Å². The first-order valence-corrected chi connectivity index (χ1v) is 6.45. The number of aliphatic hydroxyl groups is 1. The third-order valence-electron chi connectivity index (χ3n) is 3.12. The highest BCUT2D eigenvalue weighted by Crippen LogP contribution is 2.09. The number of nitrogens with zero attached hydrogens (tertiary/aromatic N) is 1. The minimum Gasteiger partial charge on any atom is -0.481 e. The van der Waals surface area contributed by atoms with Crippen LogP contribution in [0.1, 0.15) is 26.2 Å². The fraction of sp³-hybridized carbons (Fsp3) is 0.833. The minimum atomic E-state index is -1.44. The van der Waals surface area contributed by atoms with Gasteiger partial charge < -0.3 is 25.7 Å². The van der Waals surface area contributed by atoms with Crippen molar-refractivity contribution < 1.29 is 19.8 Å². The van der Waals surface area contributed by atoms with Crippen molar-refractivity contribution in [1.82, 2.24) is 15.5 Å². The van der Waals surface area contributed by atoms with E-state index in [-0.39, 0.29) is 18.6 Å². The van der Waals surface area contributed by atoms with Crippen LogP contribution >= 0.6 is 0 Å². The summed E-state index contributed by atoms with van der Waals surface area (Å²) in [4.78, 5) is 24.3. The summed E-state index contributed by atoms with van der Waals surface area (Å²) in [6.07, 6.45) is 1.57. The zero-order valence-corrected chi connectivity index (χ0v) is 11.5. The Morgan fingerprint density at radius 1 is 1.47 bits per heavy atom. The van der Waals surface area contributed by atoms with E-state index in [0.717, 1.165) is 25.9 Å². The van der Waals surface area contributed by atoms with Crippen LogP contribution in [0, 0.1) is 0 Å². The average molecular weight is 273 g/mol. The largest absolute Gasteiger partial charge is 0.481 e. The number of rotatable bonds is 5. The van der Waals surface area contributed by atoms with Gasteiger partial charge in [0.15, 0.2) is 0 Å². The summed E-state index contributed by atoms with van der Waals surface area (Å²) in [5.74, 6) is -1.10. The fourth-order valence-corrected chi connectivity index (χ4v) is 2.18. The van der Waals surface area contributed by atoms with Gasteiger partial charge in [-0.2, -0.15) is 0 Å². The van der Waals surface area contributed by atoms with Crippen LogP contribution in [0.4, 0.5) is 4.79 Å². The van der Waals surface area contributed by atoms with Crippen molar-refractivity contribution in [2.75, 3.05) is 26.7 Å². The molecule has 2 atom stereocenters. The van der Waals surface area contributed by atoms with Gasteiger partial charge in [0.1, 0.15) is 0 Å². The Morgan fingerprint density at radius 3 is 2.74 bits per heavy atom. The van der Waals surface area contributed by atoms with E-state index in [4.69, 9.17) is 5.11 Å². The zero-order valence-electron chi connectivity index (χ0n) is 11.5. The first kappa shape index (κ1) is 15.7. The normalized spacial score (nSPS) is 23.4. The number of hydrogen-bond acceptors (Lipinski definition) is 4. The molecule has 7 heteroatoms. The quantitative estimate of drug-likeness (QED) is 0.546. The summed E-state index contributed by atoms with van der Waals surface area (Å²) >= 11 is 0. The molecule has 1 aliphatic heterocycles. The number of carbonyl (C=O) groups is 2. The molecule has 4 N–H and O–H groups in total. The van der Waals surface area contributed by atoms with E-state index in [1.807, 2.05) is 7.05 Å². The fourth-order valence-electron chi connectivity index (χ4n) is 2.18. The smallest absolute Gasteiger partial charge is 0.315 e. The molecule has 2 amide bonds. The van der Waals surface area contributed by atoms with Crippen LogP contribution in [0.3, 0.4) is 0 Å². The molecule has 19 heavy (non-hydrogen) atoms. The second-order valence-electron chi connectivity index (χ2n) is 5.50. The standard InChI is InChI=1S/C12H23N3O4/c1-12(19,6-10(16)17)8-13-11(18)14-9-4-3-5-15(2)7-9/h9,19H,3-8H2,1-2H3,(H,16,17)(H2,13,14,18). The Hall–Kier alpha value is -1.34. The van der Waals surface area contributed by atoms with Crippen molar-refractivity contribution in [1.29, 1.82) is 0 Å². The first-order chi connectivity index (χ1) is 8.78. The number of likely N-dealkylation sites (tertiary alicyclic amines) is 1. The molecule has 0 saturated carbocycles. The Morgan fingerprint density at radius 2 is 2.16 bits per heavy atom. The molecule has 0 aliphatic carbocycles. The van der Waals surface area contributed by atoms with E-state index in [2.05, 4.69) is 15.5 Å². The van der Waals surface area contributed by atoms with Crippen LogP contribution in [0.5, 0.6) is 0 Å². The van der Waals surface area contributed by atoms with Gasteiger partial charge in [0.05, 0.1) is 12.0 Å². The van der Waals surface area contributed by atoms with Gasteiger partial charge in [-0.25, -0.2) is 4.79 Å². The molecular formula is C12H23N3O4. The van der Waals surface area contributed by atoms with Crippen LogP contribution < -0.4 is 10.6 Å². The lowest BCUT2D eigenvalue weighted by molar-refractivity contribution is -0.141. The molecule has 2 unspecified atom stereocenters. The highest BCUT2D eigenvalue weighted by atomic mass is 16.4. The highest BCUT2D eigenvalue weighted by Gasteiger charge is 2.25. The summed E-state index contributed by atoms with van der Waals surface area (Å²) < 4.78 is 0. The SMILES string of the molecule is CN1CCCC(NC(=O)NCC(C)(O)CC(=O)O)C1. The summed E-state index contributed by atoms with van der Waals surface area (Å²) in [5, 5.41) is 23.7.